The maximum absolute atomic E-state index is 4.62. The van der Waals surface area contributed by atoms with Crippen LogP contribution in [0.4, 0.5) is 0 Å². The molecule has 1 aliphatic rings. The van der Waals surface area contributed by atoms with E-state index in [0.29, 0.717) is 0 Å². The van der Waals surface area contributed by atoms with E-state index in [1.54, 1.807) is 0 Å². The SMILES string of the molecule is Cc1cn(C)c2c1-c1c(cnn1-c1ccccc1)CC2. The predicted octanol–water partition coefficient (Wildman–Crippen LogP) is 3.28. The van der Waals surface area contributed by atoms with Gasteiger partial charge < -0.3 is 4.57 Å². The number of nitrogens with zero attached hydrogens (tertiary/aromatic N) is 3. The number of hydrogen-bond acceptors (Lipinski definition) is 1. The van der Waals surface area contributed by atoms with E-state index in [2.05, 4.69) is 58.8 Å². The molecule has 1 aliphatic carbocycles. The third kappa shape index (κ3) is 1.49. The predicted molar refractivity (Wildman–Crippen MR) is 80.1 cm³/mol. The highest BCUT2D eigenvalue weighted by atomic mass is 15.3. The van der Waals surface area contributed by atoms with Gasteiger partial charge in [0, 0.05) is 24.5 Å². The van der Waals surface area contributed by atoms with Crippen LogP contribution in [0.5, 0.6) is 0 Å². The molecular weight excluding hydrogens is 246 g/mol. The molecule has 0 spiro atoms. The van der Waals surface area contributed by atoms with Crippen molar-refractivity contribution in [3.05, 3.63) is 59.5 Å². The Morgan fingerprint density at radius 2 is 1.90 bits per heavy atom. The second-order valence-corrected chi connectivity index (χ2v) is 5.51. The second kappa shape index (κ2) is 4.10. The number of para-hydroxylation sites is 1. The first-order valence-corrected chi connectivity index (χ1v) is 7.03. The zero-order valence-electron chi connectivity index (χ0n) is 11.8. The Kier molecular flexibility index (Phi) is 2.36. The maximum Gasteiger partial charge on any atom is 0.0793 e. The Morgan fingerprint density at radius 1 is 1.10 bits per heavy atom. The van der Waals surface area contributed by atoms with Crippen LogP contribution in [-0.4, -0.2) is 14.3 Å². The molecule has 0 amide bonds. The summed E-state index contributed by atoms with van der Waals surface area (Å²) >= 11 is 0. The Bertz CT molecular complexity index is 778. The van der Waals surface area contributed by atoms with Crippen molar-refractivity contribution in [2.75, 3.05) is 0 Å². The fraction of sp³-hybridized carbons (Fsp3) is 0.235. The lowest BCUT2D eigenvalue weighted by atomic mass is 9.93. The summed E-state index contributed by atoms with van der Waals surface area (Å²) < 4.78 is 4.34. The van der Waals surface area contributed by atoms with Gasteiger partial charge in [0.25, 0.3) is 0 Å². The van der Waals surface area contributed by atoms with Gasteiger partial charge in [-0.1, -0.05) is 18.2 Å². The van der Waals surface area contributed by atoms with Gasteiger partial charge in [0.1, 0.15) is 0 Å². The zero-order chi connectivity index (χ0) is 13.7. The maximum atomic E-state index is 4.62. The number of aryl methyl sites for hydroxylation is 3. The van der Waals surface area contributed by atoms with Crippen LogP contribution in [0.25, 0.3) is 16.9 Å². The van der Waals surface area contributed by atoms with Gasteiger partial charge in [-0.3, -0.25) is 0 Å². The summed E-state index contributed by atoms with van der Waals surface area (Å²) in [4.78, 5) is 0. The van der Waals surface area contributed by atoms with Gasteiger partial charge in [-0.15, -0.1) is 0 Å². The van der Waals surface area contributed by atoms with Crippen molar-refractivity contribution in [3.8, 4) is 16.9 Å². The molecule has 3 nitrogen and oxygen atoms in total. The fourth-order valence-electron chi connectivity index (χ4n) is 3.31. The van der Waals surface area contributed by atoms with Crippen molar-refractivity contribution < 1.29 is 0 Å². The van der Waals surface area contributed by atoms with E-state index in [9.17, 15) is 0 Å². The first-order chi connectivity index (χ1) is 9.75. The lowest BCUT2D eigenvalue weighted by Gasteiger charge is -2.17. The monoisotopic (exact) mass is 263 g/mol. The van der Waals surface area contributed by atoms with E-state index in [-0.39, 0.29) is 0 Å². The molecule has 0 aliphatic heterocycles. The molecule has 2 aromatic heterocycles. The molecule has 0 bridgehead atoms. The summed E-state index contributed by atoms with van der Waals surface area (Å²) in [7, 11) is 2.14. The number of rotatable bonds is 1. The van der Waals surface area contributed by atoms with Crippen LogP contribution in [0.15, 0.2) is 42.7 Å². The average Bonchev–Trinajstić information content (AvgIpc) is 3.01. The Morgan fingerprint density at radius 3 is 2.70 bits per heavy atom. The van der Waals surface area contributed by atoms with Crippen LogP contribution in [0.3, 0.4) is 0 Å². The summed E-state index contributed by atoms with van der Waals surface area (Å²) in [5.74, 6) is 0. The summed E-state index contributed by atoms with van der Waals surface area (Å²) in [6.07, 6.45) is 6.43. The van der Waals surface area contributed by atoms with Crippen molar-refractivity contribution in [1.29, 1.82) is 0 Å². The third-order valence-corrected chi connectivity index (χ3v) is 4.21. The molecule has 1 aromatic carbocycles. The largest absolute Gasteiger partial charge is 0.353 e. The molecule has 20 heavy (non-hydrogen) atoms. The van der Waals surface area contributed by atoms with Gasteiger partial charge in [-0.05, 0) is 43.0 Å². The van der Waals surface area contributed by atoms with Gasteiger partial charge in [0.2, 0.25) is 0 Å². The highest BCUT2D eigenvalue weighted by Crippen LogP contribution is 2.37. The van der Waals surface area contributed by atoms with Crippen molar-refractivity contribution in [1.82, 2.24) is 14.3 Å². The second-order valence-electron chi connectivity index (χ2n) is 5.51. The molecule has 4 rings (SSSR count). The quantitative estimate of drug-likeness (QED) is 0.660. The van der Waals surface area contributed by atoms with E-state index >= 15 is 0 Å². The van der Waals surface area contributed by atoms with Crippen molar-refractivity contribution in [2.24, 2.45) is 7.05 Å². The minimum absolute atomic E-state index is 1.08. The molecule has 0 fully saturated rings. The van der Waals surface area contributed by atoms with Crippen LogP contribution < -0.4 is 0 Å². The Hall–Kier alpha value is -2.29. The number of fused-ring (bicyclic) bond motifs is 3. The number of hydrogen-bond donors (Lipinski definition) is 0. The van der Waals surface area contributed by atoms with Crippen molar-refractivity contribution in [3.63, 3.8) is 0 Å². The normalized spacial score (nSPS) is 13.1. The molecule has 2 heterocycles. The molecule has 0 radical (unpaired) electrons. The van der Waals surface area contributed by atoms with Crippen LogP contribution in [0, 0.1) is 6.92 Å². The lowest BCUT2D eigenvalue weighted by Crippen LogP contribution is -2.09. The summed E-state index contributed by atoms with van der Waals surface area (Å²) in [5, 5.41) is 4.62. The highest BCUT2D eigenvalue weighted by molar-refractivity contribution is 5.74. The highest BCUT2D eigenvalue weighted by Gasteiger charge is 2.25. The van der Waals surface area contributed by atoms with Gasteiger partial charge in [-0.25, -0.2) is 4.68 Å². The fourth-order valence-corrected chi connectivity index (χ4v) is 3.31. The molecule has 3 aromatic rings. The molecule has 100 valence electrons. The summed E-state index contributed by atoms with van der Waals surface area (Å²) in [5.41, 5.74) is 7.89. The molecule has 0 unspecified atom stereocenters. The van der Waals surface area contributed by atoms with Gasteiger partial charge in [0.15, 0.2) is 0 Å². The third-order valence-electron chi connectivity index (χ3n) is 4.21. The minimum Gasteiger partial charge on any atom is -0.353 e. The van der Waals surface area contributed by atoms with Crippen LogP contribution >= 0.6 is 0 Å². The molecular formula is C17H17N3. The van der Waals surface area contributed by atoms with Gasteiger partial charge >= 0.3 is 0 Å². The first-order valence-electron chi connectivity index (χ1n) is 7.03. The van der Waals surface area contributed by atoms with Crippen LogP contribution in [-0.2, 0) is 19.9 Å². The van der Waals surface area contributed by atoms with E-state index in [1.807, 2.05) is 12.3 Å². The average molecular weight is 263 g/mol. The number of aromatic nitrogens is 3. The molecule has 0 saturated heterocycles. The van der Waals surface area contributed by atoms with Crippen molar-refractivity contribution >= 4 is 0 Å². The van der Waals surface area contributed by atoms with Crippen LogP contribution in [0.1, 0.15) is 16.8 Å². The zero-order valence-corrected chi connectivity index (χ0v) is 11.8. The summed E-state index contributed by atoms with van der Waals surface area (Å²) in [6, 6.07) is 10.4. The molecule has 3 heteroatoms. The van der Waals surface area contributed by atoms with E-state index in [4.69, 9.17) is 0 Å². The van der Waals surface area contributed by atoms with E-state index in [1.165, 1.54) is 28.1 Å². The molecule has 0 atom stereocenters. The lowest BCUT2D eigenvalue weighted by molar-refractivity contribution is 0.789. The van der Waals surface area contributed by atoms with E-state index in [0.717, 1.165) is 18.5 Å². The Labute approximate surface area is 118 Å². The minimum atomic E-state index is 1.08. The smallest absolute Gasteiger partial charge is 0.0793 e. The van der Waals surface area contributed by atoms with Gasteiger partial charge in [0.05, 0.1) is 17.6 Å². The number of benzene rings is 1. The topological polar surface area (TPSA) is 22.8 Å². The van der Waals surface area contributed by atoms with E-state index < -0.39 is 0 Å². The molecule has 0 saturated carbocycles. The van der Waals surface area contributed by atoms with Crippen LogP contribution in [0.2, 0.25) is 0 Å². The van der Waals surface area contributed by atoms with Gasteiger partial charge in [-0.2, -0.15) is 5.10 Å². The molecule has 0 N–H and O–H groups in total. The summed E-state index contributed by atoms with van der Waals surface area (Å²) in [6.45, 7) is 2.19. The van der Waals surface area contributed by atoms with Crippen molar-refractivity contribution in [2.45, 2.75) is 19.8 Å². The first kappa shape index (κ1) is 11.5. The standard InChI is InChI=1S/C17H17N3/c1-12-11-19(2)15-9-8-13-10-18-20(17(13)16(12)15)14-6-4-3-5-7-14/h3-7,10-11H,8-9H2,1-2H3. The Balaban J connectivity index is 2.00.